The number of ether oxygens (including phenoxy) is 2. The standard InChI is InChI=1S/C74H83FN2O4/c1-18-46-34-57(67(78)65(36-46)76-61-38-48(71(6,7)8)21-25-53(61)54-26-22-49(39-62(54)76)72(9,10)11)59-32-43(3)31-44(4)69(59)80-29-20-30-81-70-45(5)33-52(75)42-60(70)58-35-47(19-2)37-66(68(58)79)77-63-40-50(73(12,13)14)23-27-55(63)56-28-24-51(41-64(56)77)74(15,16)17/h21-28,31-42,78-79H,18-20,29-30H2,1-17H3. The smallest absolute Gasteiger partial charge is 0.147 e. The molecule has 0 fully saturated rings. The first-order valence-electron chi connectivity index (χ1n) is 29.2. The normalized spacial score (nSPS) is 12.7. The zero-order valence-corrected chi connectivity index (χ0v) is 51.1. The molecule has 2 aromatic heterocycles. The Labute approximate surface area is 480 Å². The predicted octanol–water partition coefficient (Wildman–Crippen LogP) is 19.9. The minimum Gasteiger partial charge on any atom is -0.505 e. The lowest BCUT2D eigenvalue weighted by atomic mass is 9.86. The van der Waals surface area contributed by atoms with Gasteiger partial charge >= 0.3 is 0 Å². The third kappa shape index (κ3) is 10.6. The van der Waals surface area contributed by atoms with Gasteiger partial charge in [-0.1, -0.05) is 152 Å². The third-order valence-corrected chi connectivity index (χ3v) is 16.6. The Hall–Kier alpha value is -7.51. The van der Waals surface area contributed by atoms with Gasteiger partial charge in [0, 0.05) is 50.2 Å². The number of phenols is 2. The third-order valence-electron chi connectivity index (χ3n) is 16.6. The van der Waals surface area contributed by atoms with Crippen LogP contribution in [-0.4, -0.2) is 32.6 Å². The maximum Gasteiger partial charge on any atom is 0.147 e. The molecule has 0 unspecified atom stereocenters. The van der Waals surface area contributed by atoms with E-state index >= 15 is 4.39 Å². The zero-order valence-electron chi connectivity index (χ0n) is 51.1. The van der Waals surface area contributed by atoms with Gasteiger partial charge < -0.3 is 28.8 Å². The zero-order chi connectivity index (χ0) is 58.4. The summed E-state index contributed by atoms with van der Waals surface area (Å²) in [6.45, 7) is 37.6. The minimum absolute atomic E-state index is 0.0508. The average molecular weight is 1080 g/mol. The Morgan fingerprint density at radius 2 is 0.741 bits per heavy atom. The number of nitrogens with zero attached hydrogens (tertiary/aromatic N) is 2. The topological polar surface area (TPSA) is 68.8 Å². The highest BCUT2D eigenvalue weighted by Gasteiger charge is 2.28. The molecule has 8 aromatic carbocycles. The molecule has 2 heterocycles. The number of fused-ring (bicyclic) bond motifs is 6. The molecule has 10 rings (SSSR count). The fourth-order valence-corrected chi connectivity index (χ4v) is 11.8. The Morgan fingerprint density at radius 3 is 1.07 bits per heavy atom. The molecule has 0 aliphatic carbocycles. The number of aryl methyl sites for hydroxylation is 5. The van der Waals surface area contributed by atoms with Crippen molar-refractivity contribution in [3.05, 3.63) is 177 Å². The van der Waals surface area contributed by atoms with E-state index in [1.54, 1.807) is 0 Å². The molecule has 0 aliphatic heterocycles. The molecule has 0 atom stereocenters. The summed E-state index contributed by atoms with van der Waals surface area (Å²) in [5.41, 5.74) is 17.1. The van der Waals surface area contributed by atoms with Crippen LogP contribution in [0.3, 0.4) is 0 Å². The van der Waals surface area contributed by atoms with E-state index in [2.05, 4.69) is 223 Å². The van der Waals surface area contributed by atoms with Gasteiger partial charge in [0.2, 0.25) is 0 Å². The maximum absolute atomic E-state index is 15.8. The summed E-state index contributed by atoms with van der Waals surface area (Å²) in [7, 11) is 0. The second-order valence-electron chi connectivity index (χ2n) is 26.9. The van der Waals surface area contributed by atoms with Crippen molar-refractivity contribution in [2.24, 2.45) is 0 Å². The van der Waals surface area contributed by atoms with Crippen LogP contribution in [0.1, 0.15) is 153 Å². The lowest BCUT2D eigenvalue weighted by Gasteiger charge is -2.22. The van der Waals surface area contributed by atoms with E-state index < -0.39 is 5.82 Å². The van der Waals surface area contributed by atoms with Crippen molar-refractivity contribution in [2.45, 2.75) is 159 Å². The monoisotopic (exact) mass is 1080 g/mol. The van der Waals surface area contributed by atoms with Crippen molar-refractivity contribution in [3.63, 3.8) is 0 Å². The summed E-state index contributed by atoms with van der Waals surface area (Å²) < 4.78 is 33.8. The lowest BCUT2D eigenvalue weighted by molar-refractivity contribution is 0.246. The van der Waals surface area contributed by atoms with E-state index in [0.29, 0.717) is 58.9 Å². The summed E-state index contributed by atoms with van der Waals surface area (Å²) in [5, 5.41) is 30.1. The van der Waals surface area contributed by atoms with Gasteiger partial charge in [0.25, 0.3) is 0 Å². The van der Waals surface area contributed by atoms with E-state index in [4.69, 9.17) is 9.47 Å². The molecule has 7 heteroatoms. The quantitative estimate of drug-likeness (QED) is 0.120. The molecule has 0 amide bonds. The van der Waals surface area contributed by atoms with Crippen LogP contribution in [0.25, 0.3) is 77.2 Å². The molecule has 0 aliphatic rings. The lowest BCUT2D eigenvalue weighted by Crippen LogP contribution is -2.11. The highest BCUT2D eigenvalue weighted by Crippen LogP contribution is 2.48. The Kier molecular flexibility index (Phi) is 14.6. The summed E-state index contributed by atoms with van der Waals surface area (Å²) in [5.74, 6) is 1.03. The Morgan fingerprint density at radius 1 is 0.407 bits per heavy atom. The first kappa shape index (κ1) is 56.8. The number of benzene rings is 8. The number of hydrogen-bond donors (Lipinski definition) is 2. The first-order chi connectivity index (χ1) is 38.1. The van der Waals surface area contributed by atoms with E-state index in [9.17, 15) is 10.2 Å². The van der Waals surface area contributed by atoms with Gasteiger partial charge in [-0.15, -0.1) is 0 Å². The van der Waals surface area contributed by atoms with E-state index in [-0.39, 0.29) is 39.8 Å². The number of aromatic nitrogens is 2. The summed E-state index contributed by atoms with van der Waals surface area (Å²) in [6, 6.07) is 42.4. The first-order valence-corrected chi connectivity index (χ1v) is 29.2. The highest BCUT2D eigenvalue weighted by atomic mass is 19.1. The molecule has 0 saturated carbocycles. The number of hydrogen-bond acceptors (Lipinski definition) is 4. The van der Waals surface area contributed by atoms with E-state index in [0.717, 1.165) is 83.5 Å². The molecular formula is C74H83FN2O4. The van der Waals surface area contributed by atoms with Crippen LogP contribution in [0.2, 0.25) is 0 Å². The largest absolute Gasteiger partial charge is 0.505 e. The number of halogens is 1. The van der Waals surface area contributed by atoms with E-state index in [1.807, 2.05) is 13.0 Å². The van der Waals surface area contributed by atoms with Crippen LogP contribution in [0, 0.1) is 26.6 Å². The van der Waals surface area contributed by atoms with Crippen LogP contribution in [0.4, 0.5) is 4.39 Å². The number of phenolic OH excluding ortho intramolecular Hbond substituents is 2. The summed E-state index contributed by atoms with van der Waals surface area (Å²) >= 11 is 0. The predicted molar refractivity (Wildman–Crippen MR) is 339 cm³/mol. The van der Waals surface area contributed by atoms with Crippen molar-refractivity contribution in [2.75, 3.05) is 13.2 Å². The number of rotatable bonds is 12. The van der Waals surface area contributed by atoms with Gasteiger partial charge in [0.1, 0.15) is 28.8 Å². The Bertz CT molecular complexity index is 3700. The van der Waals surface area contributed by atoms with Crippen molar-refractivity contribution in [1.82, 2.24) is 9.13 Å². The minimum atomic E-state index is -0.411. The van der Waals surface area contributed by atoms with Crippen molar-refractivity contribution in [3.8, 4) is 56.6 Å². The van der Waals surface area contributed by atoms with Gasteiger partial charge in [-0.25, -0.2) is 4.39 Å². The van der Waals surface area contributed by atoms with Crippen LogP contribution < -0.4 is 9.47 Å². The van der Waals surface area contributed by atoms with E-state index in [1.165, 1.54) is 34.4 Å². The second kappa shape index (κ2) is 20.8. The van der Waals surface area contributed by atoms with Gasteiger partial charge in [0.05, 0.1) is 46.7 Å². The fraction of sp³-hybridized carbons (Fsp3) is 0.351. The highest BCUT2D eigenvalue weighted by molar-refractivity contribution is 6.11. The molecule has 10 aromatic rings. The molecular weight excluding hydrogens is 1000 g/mol. The molecule has 0 bridgehead atoms. The summed E-state index contributed by atoms with van der Waals surface area (Å²) in [6.07, 6.45) is 1.96. The van der Waals surface area contributed by atoms with Crippen LogP contribution in [-0.2, 0) is 34.5 Å². The van der Waals surface area contributed by atoms with Crippen molar-refractivity contribution in [1.29, 1.82) is 0 Å². The number of aromatic hydroxyl groups is 2. The maximum atomic E-state index is 15.8. The molecule has 0 radical (unpaired) electrons. The molecule has 420 valence electrons. The molecule has 81 heavy (non-hydrogen) atoms. The molecule has 6 nitrogen and oxygen atoms in total. The van der Waals surface area contributed by atoms with Gasteiger partial charge in [-0.3, -0.25) is 0 Å². The average Bonchev–Trinajstić information content (AvgIpc) is 3.88. The van der Waals surface area contributed by atoms with Crippen molar-refractivity contribution >= 4 is 43.6 Å². The van der Waals surface area contributed by atoms with Crippen LogP contribution in [0.5, 0.6) is 23.0 Å². The SMILES string of the molecule is CCc1cc(-c2cc(C)cc(C)c2OCCCOc2c(C)cc(F)cc2-c2cc(CC)cc(-n3c4cc(C(C)(C)C)ccc4c4ccc(C(C)(C)C)cc43)c2O)c(O)c(-n2c3cc(C(C)(C)C)ccc3c3ccc(C(C)(C)C)cc32)c1. The molecule has 2 N–H and O–H groups in total. The van der Waals surface area contributed by atoms with Gasteiger partial charge in [-0.2, -0.15) is 0 Å². The summed E-state index contributed by atoms with van der Waals surface area (Å²) in [4.78, 5) is 0. The fourth-order valence-electron chi connectivity index (χ4n) is 11.8. The van der Waals surface area contributed by atoms with Crippen LogP contribution >= 0.6 is 0 Å². The van der Waals surface area contributed by atoms with Gasteiger partial charge in [0.15, 0.2) is 0 Å². The van der Waals surface area contributed by atoms with Crippen LogP contribution in [0.15, 0.2) is 121 Å². The second-order valence-corrected chi connectivity index (χ2v) is 26.9. The molecule has 0 saturated heterocycles. The Balaban J connectivity index is 1.01. The van der Waals surface area contributed by atoms with Gasteiger partial charge in [-0.05, 0) is 172 Å². The van der Waals surface area contributed by atoms with Crippen molar-refractivity contribution < 1.29 is 24.1 Å². The molecule has 0 spiro atoms.